The van der Waals surface area contributed by atoms with Gasteiger partial charge in [0, 0.05) is 18.1 Å². The second-order valence-electron chi connectivity index (χ2n) is 9.50. The third-order valence-electron chi connectivity index (χ3n) is 6.44. The number of nitrogens with zero attached hydrogens (tertiary/aromatic N) is 2. The van der Waals surface area contributed by atoms with Gasteiger partial charge in [-0.05, 0) is 55.7 Å². The van der Waals surface area contributed by atoms with Gasteiger partial charge in [0.15, 0.2) is 0 Å². The van der Waals surface area contributed by atoms with E-state index in [0.29, 0.717) is 13.0 Å². The summed E-state index contributed by atoms with van der Waals surface area (Å²) in [5.41, 5.74) is 1.90. The Morgan fingerprint density at radius 1 is 0.950 bits per heavy atom. The van der Waals surface area contributed by atoms with Gasteiger partial charge in [-0.2, -0.15) is 0 Å². The maximum absolute atomic E-state index is 14.1. The van der Waals surface area contributed by atoms with Crippen molar-refractivity contribution in [2.45, 2.75) is 57.5 Å². The molecule has 10 heteroatoms. The molecule has 0 fully saturated rings. The minimum absolute atomic E-state index is 0.00609. The van der Waals surface area contributed by atoms with Gasteiger partial charge in [-0.15, -0.1) is 0 Å². The molecule has 1 atom stereocenters. The Morgan fingerprint density at radius 2 is 1.68 bits per heavy atom. The Labute approximate surface area is 247 Å². The van der Waals surface area contributed by atoms with Crippen LogP contribution in [-0.2, 0) is 26.2 Å². The minimum atomic E-state index is -4.23. The van der Waals surface area contributed by atoms with Crippen LogP contribution in [-0.4, -0.2) is 44.3 Å². The van der Waals surface area contributed by atoms with Crippen molar-refractivity contribution in [1.29, 1.82) is 0 Å². The van der Waals surface area contributed by atoms with Crippen LogP contribution in [0.5, 0.6) is 0 Å². The molecule has 0 spiro atoms. The predicted octanol–water partition coefficient (Wildman–Crippen LogP) is 6.22. The molecule has 0 saturated heterocycles. The first kappa shape index (κ1) is 31.5. The second kappa shape index (κ2) is 14.5. The maximum Gasteiger partial charge on any atom is 0.264 e. The fraction of sp³-hybridized carbons (Fsp3) is 0.333. The number of benzene rings is 3. The Hall–Kier alpha value is -3.07. The summed E-state index contributed by atoms with van der Waals surface area (Å²) in [4.78, 5) is 28.8. The zero-order valence-electron chi connectivity index (χ0n) is 22.9. The quantitative estimate of drug-likeness (QED) is 0.235. The molecule has 3 rings (SSSR count). The number of amides is 2. The zero-order valence-corrected chi connectivity index (χ0v) is 25.3. The summed E-state index contributed by atoms with van der Waals surface area (Å²) in [6, 6.07) is 19.1. The fourth-order valence-electron chi connectivity index (χ4n) is 4.34. The Kier molecular flexibility index (Phi) is 11.4. The van der Waals surface area contributed by atoms with Gasteiger partial charge in [-0.3, -0.25) is 13.9 Å². The van der Waals surface area contributed by atoms with E-state index in [1.807, 2.05) is 45.0 Å². The van der Waals surface area contributed by atoms with Gasteiger partial charge >= 0.3 is 0 Å². The third-order valence-corrected chi connectivity index (χ3v) is 8.77. The van der Waals surface area contributed by atoms with Crippen LogP contribution < -0.4 is 9.62 Å². The lowest BCUT2D eigenvalue weighted by Crippen LogP contribution is -2.52. The number of aryl methyl sites for hydroxylation is 1. The number of rotatable bonds is 13. The van der Waals surface area contributed by atoms with Gasteiger partial charge in [0.2, 0.25) is 11.8 Å². The van der Waals surface area contributed by atoms with E-state index < -0.39 is 28.5 Å². The maximum atomic E-state index is 14.1. The number of sulfonamides is 1. The van der Waals surface area contributed by atoms with Gasteiger partial charge in [0.1, 0.15) is 12.6 Å². The monoisotopic (exact) mass is 603 g/mol. The lowest BCUT2D eigenvalue weighted by atomic mass is 10.1. The lowest BCUT2D eigenvalue weighted by molar-refractivity contribution is -0.140. The van der Waals surface area contributed by atoms with E-state index in [9.17, 15) is 18.0 Å². The van der Waals surface area contributed by atoms with E-state index >= 15 is 0 Å². The van der Waals surface area contributed by atoms with Crippen molar-refractivity contribution >= 4 is 50.7 Å². The molecule has 40 heavy (non-hydrogen) atoms. The van der Waals surface area contributed by atoms with Crippen LogP contribution in [0.15, 0.2) is 77.7 Å². The summed E-state index contributed by atoms with van der Waals surface area (Å²) < 4.78 is 28.7. The number of anilines is 1. The van der Waals surface area contributed by atoms with E-state index in [-0.39, 0.29) is 33.1 Å². The van der Waals surface area contributed by atoms with Gasteiger partial charge in [-0.25, -0.2) is 8.42 Å². The SMILES string of the molecule is CCCCNC(=O)[C@@H](CC)N(Cc1cccc(C)c1)C(=O)CN(c1cc(Cl)ccc1Cl)S(=O)(=O)c1ccccc1. The Morgan fingerprint density at radius 3 is 2.33 bits per heavy atom. The zero-order chi connectivity index (χ0) is 29.3. The summed E-state index contributed by atoms with van der Waals surface area (Å²) in [5, 5.41) is 3.30. The number of halogens is 2. The van der Waals surface area contributed by atoms with Crippen molar-refractivity contribution in [3.05, 3.63) is 94.0 Å². The van der Waals surface area contributed by atoms with E-state index in [0.717, 1.165) is 28.3 Å². The molecule has 2 amide bonds. The molecule has 0 bridgehead atoms. The van der Waals surface area contributed by atoms with E-state index in [4.69, 9.17) is 23.2 Å². The van der Waals surface area contributed by atoms with Crippen LogP contribution in [0.3, 0.4) is 0 Å². The van der Waals surface area contributed by atoms with Gasteiger partial charge in [0.25, 0.3) is 10.0 Å². The molecular weight excluding hydrogens is 569 g/mol. The molecule has 0 aromatic heterocycles. The highest BCUT2D eigenvalue weighted by Gasteiger charge is 2.34. The highest BCUT2D eigenvalue weighted by atomic mass is 35.5. The van der Waals surface area contributed by atoms with Crippen molar-refractivity contribution in [2.24, 2.45) is 0 Å². The molecule has 0 heterocycles. The molecular formula is C30H35Cl2N3O4S. The summed E-state index contributed by atoms with van der Waals surface area (Å²) in [5.74, 6) is -0.829. The molecule has 214 valence electrons. The van der Waals surface area contributed by atoms with E-state index in [1.54, 1.807) is 24.3 Å². The minimum Gasteiger partial charge on any atom is -0.354 e. The highest BCUT2D eigenvalue weighted by Crippen LogP contribution is 2.33. The summed E-state index contributed by atoms with van der Waals surface area (Å²) in [6.45, 7) is 5.84. The van der Waals surface area contributed by atoms with Crippen molar-refractivity contribution in [3.63, 3.8) is 0 Å². The van der Waals surface area contributed by atoms with Crippen molar-refractivity contribution in [1.82, 2.24) is 10.2 Å². The Bertz CT molecular complexity index is 1420. The van der Waals surface area contributed by atoms with Gasteiger partial charge < -0.3 is 10.2 Å². The van der Waals surface area contributed by atoms with Crippen LogP contribution in [0, 0.1) is 6.92 Å². The second-order valence-corrected chi connectivity index (χ2v) is 12.2. The average molecular weight is 605 g/mol. The van der Waals surface area contributed by atoms with Crippen LogP contribution in [0.4, 0.5) is 5.69 Å². The molecule has 1 N–H and O–H groups in total. The molecule has 0 aliphatic heterocycles. The van der Waals surface area contributed by atoms with Crippen molar-refractivity contribution in [2.75, 3.05) is 17.4 Å². The van der Waals surface area contributed by atoms with Crippen molar-refractivity contribution in [3.8, 4) is 0 Å². The van der Waals surface area contributed by atoms with E-state index in [1.165, 1.54) is 29.2 Å². The molecule has 0 unspecified atom stereocenters. The van der Waals surface area contributed by atoms with Gasteiger partial charge in [0.05, 0.1) is 15.6 Å². The molecule has 7 nitrogen and oxygen atoms in total. The predicted molar refractivity (Wildman–Crippen MR) is 161 cm³/mol. The van der Waals surface area contributed by atoms with Crippen LogP contribution >= 0.6 is 23.2 Å². The average Bonchev–Trinajstić information content (AvgIpc) is 2.93. The number of hydrogen-bond acceptors (Lipinski definition) is 4. The highest BCUT2D eigenvalue weighted by molar-refractivity contribution is 7.92. The van der Waals surface area contributed by atoms with Crippen molar-refractivity contribution < 1.29 is 18.0 Å². The van der Waals surface area contributed by atoms with E-state index in [2.05, 4.69) is 5.32 Å². The Balaban J connectivity index is 2.07. The molecule has 0 radical (unpaired) electrons. The fourth-order valence-corrected chi connectivity index (χ4v) is 6.22. The molecule has 0 aliphatic rings. The lowest BCUT2D eigenvalue weighted by Gasteiger charge is -2.33. The van der Waals surface area contributed by atoms with Crippen LogP contribution in [0.1, 0.15) is 44.2 Å². The number of unbranched alkanes of at least 4 members (excludes halogenated alkanes) is 1. The topological polar surface area (TPSA) is 86.8 Å². The number of nitrogens with one attached hydrogen (secondary N) is 1. The molecule has 0 aliphatic carbocycles. The normalized spacial score (nSPS) is 12.0. The number of hydrogen-bond donors (Lipinski definition) is 1. The molecule has 0 saturated carbocycles. The first-order valence-electron chi connectivity index (χ1n) is 13.2. The number of carbonyl (C=O) groups excluding carboxylic acids is 2. The van der Waals surface area contributed by atoms with Crippen LogP contribution in [0.25, 0.3) is 0 Å². The first-order valence-corrected chi connectivity index (χ1v) is 15.4. The number of carbonyl (C=O) groups is 2. The molecule has 3 aromatic rings. The standard InChI is InChI=1S/C30H35Cl2N3O4S/c1-4-6-17-33-30(37)27(5-2)34(20-23-12-10-11-22(3)18-23)29(36)21-35(28-19-24(31)15-16-26(28)32)40(38,39)25-13-8-7-9-14-25/h7-16,18-19,27H,4-6,17,20-21H2,1-3H3,(H,33,37)/t27-/m1/s1. The van der Waals surface area contributed by atoms with Gasteiger partial charge in [-0.1, -0.05) is 91.5 Å². The molecule has 3 aromatic carbocycles. The summed E-state index contributed by atoms with van der Waals surface area (Å²) >= 11 is 12.7. The largest absolute Gasteiger partial charge is 0.354 e. The van der Waals surface area contributed by atoms with Crippen LogP contribution in [0.2, 0.25) is 10.0 Å². The summed E-state index contributed by atoms with van der Waals surface area (Å²) in [7, 11) is -4.23. The summed E-state index contributed by atoms with van der Waals surface area (Å²) in [6.07, 6.45) is 2.07. The first-order chi connectivity index (χ1) is 19.1. The third kappa shape index (κ3) is 7.99. The smallest absolute Gasteiger partial charge is 0.264 e.